The smallest absolute Gasteiger partial charge is 0.222 e. The molecule has 122 valence electrons. The zero-order valence-corrected chi connectivity index (χ0v) is 14.2. The molecule has 0 aromatic heterocycles. The van der Waals surface area contributed by atoms with E-state index in [0.29, 0.717) is 19.1 Å². The second kappa shape index (κ2) is 8.39. The molecule has 0 saturated carbocycles. The van der Waals surface area contributed by atoms with Gasteiger partial charge in [0.25, 0.3) is 0 Å². The summed E-state index contributed by atoms with van der Waals surface area (Å²) in [5.41, 5.74) is 1.00. The second-order valence-electron chi connectivity index (χ2n) is 5.85. The van der Waals surface area contributed by atoms with E-state index in [1.54, 1.807) is 0 Å². The molecular formula is C17H25ClN2O2. The Balaban J connectivity index is 1.69. The molecular weight excluding hydrogens is 300 g/mol. The molecule has 0 unspecified atom stereocenters. The number of amides is 1. The fourth-order valence-corrected chi connectivity index (χ4v) is 2.81. The lowest BCUT2D eigenvalue weighted by Gasteiger charge is -2.31. The number of nitrogens with one attached hydrogen (secondary N) is 1. The van der Waals surface area contributed by atoms with Crippen molar-refractivity contribution in [1.29, 1.82) is 0 Å². The lowest BCUT2D eigenvalue weighted by Crippen LogP contribution is -2.43. The van der Waals surface area contributed by atoms with E-state index in [-0.39, 0.29) is 5.91 Å². The second-order valence-corrected chi connectivity index (χ2v) is 6.26. The molecule has 1 amide bonds. The largest absolute Gasteiger partial charge is 0.494 e. The van der Waals surface area contributed by atoms with Crippen LogP contribution < -0.4 is 10.1 Å². The Labute approximate surface area is 137 Å². The predicted octanol–water partition coefficient (Wildman–Crippen LogP) is 3.02. The Morgan fingerprint density at radius 3 is 2.82 bits per heavy atom. The first-order chi connectivity index (χ1) is 10.6. The molecule has 1 saturated heterocycles. The maximum Gasteiger partial charge on any atom is 0.222 e. The molecule has 1 aromatic rings. The topological polar surface area (TPSA) is 41.6 Å². The maximum atomic E-state index is 12.2. The van der Waals surface area contributed by atoms with Crippen LogP contribution in [0.1, 0.15) is 31.2 Å². The summed E-state index contributed by atoms with van der Waals surface area (Å²) in [6.07, 6.45) is 3.36. The number of rotatable bonds is 6. The van der Waals surface area contributed by atoms with Crippen LogP contribution in [-0.2, 0) is 4.79 Å². The summed E-state index contributed by atoms with van der Waals surface area (Å²) in [6, 6.07) is 6.00. The molecule has 1 fully saturated rings. The highest BCUT2D eigenvalue weighted by Crippen LogP contribution is 2.21. The van der Waals surface area contributed by atoms with Gasteiger partial charge < -0.3 is 15.0 Å². The van der Waals surface area contributed by atoms with E-state index in [2.05, 4.69) is 5.32 Å². The van der Waals surface area contributed by atoms with Crippen LogP contribution >= 0.6 is 11.6 Å². The molecule has 1 heterocycles. The number of aryl methyl sites for hydroxylation is 1. The monoisotopic (exact) mass is 324 g/mol. The number of piperidine rings is 1. The lowest BCUT2D eigenvalue weighted by atomic mass is 10.0. The quantitative estimate of drug-likeness (QED) is 0.818. The summed E-state index contributed by atoms with van der Waals surface area (Å²) in [5, 5.41) is 4.06. The summed E-state index contributed by atoms with van der Waals surface area (Å²) in [6.45, 7) is 4.50. The predicted molar refractivity (Wildman–Crippen MR) is 89.6 cm³/mol. The van der Waals surface area contributed by atoms with Gasteiger partial charge >= 0.3 is 0 Å². The third-order valence-electron chi connectivity index (χ3n) is 4.18. The Morgan fingerprint density at radius 1 is 1.41 bits per heavy atom. The molecule has 1 aliphatic heterocycles. The molecule has 1 aliphatic rings. The normalized spacial score (nSPS) is 15.6. The first-order valence-electron chi connectivity index (χ1n) is 7.93. The summed E-state index contributed by atoms with van der Waals surface area (Å²) in [4.78, 5) is 14.1. The molecule has 0 spiro atoms. The minimum atomic E-state index is 0.211. The van der Waals surface area contributed by atoms with Crippen molar-refractivity contribution in [3.8, 4) is 5.75 Å². The zero-order chi connectivity index (χ0) is 15.9. The van der Waals surface area contributed by atoms with Crippen LogP contribution in [0.4, 0.5) is 0 Å². The first-order valence-corrected chi connectivity index (χ1v) is 8.31. The number of hydrogen-bond acceptors (Lipinski definition) is 3. The fourth-order valence-electron chi connectivity index (χ4n) is 2.69. The number of hydrogen-bond donors (Lipinski definition) is 1. The van der Waals surface area contributed by atoms with E-state index in [1.165, 1.54) is 0 Å². The van der Waals surface area contributed by atoms with E-state index in [0.717, 1.165) is 48.7 Å². The van der Waals surface area contributed by atoms with Crippen molar-refractivity contribution in [3.05, 3.63) is 28.8 Å². The van der Waals surface area contributed by atoms with Crippen molar-refractivity contribution in [3.63, 3.8) is 0 Å². The minimum absolute atomic E-state index is 0.211. The van der Waals surface area contributed by atoms with Gasteiger partial charge in [-0.2, -0.15) is 0 Å². The molecule has 4 nitrogen and oxygen atoms in total. The first kappa shape index (κ1) is 17.1. The minimum Gasteiger partial charge on any atom is -0.494 e. The van der Waals surface area contributed by atoms with E-state index in [9.17, 15) is 4.79 Å². The van der Waals surface area contributed by atoms with Crippen LogP contribution in [0.25, 0.3) is 0 Å². The molecule has 0 radical (unpaired) electrons. The number of ether oxygens (including phenoxy) is 1. The van der Waals surface area contributed by atoms with Crippen LogP contribution in [0.2, 0.25) is 5.02 Å². The van der Waals surface area contributed by atoms with Gasteiger partial charge in [-0.3, -0.25) is 4.79 Å². The average Bonchev–Trinajstić information content (AvgIpc) is 2.54. The van der Waals surface area contributed by atoms with E-state index >= 15 is 0 Å². The van der Waals surface area contributed by atoms with E-state index < -0.39 is 0 Å². The van der Waals surface area contributed by atoms with Gasteiger partial charge in [0, 0.05) is 24.5 Å². The van der Waals surface area contributed by atoms with Crippen molar-refractivity contribution in [1.82, 2.24) is 10.2 Å². The van der Waals surface area contributed by atoms with Crippen LogP contribution in [0.3, 0.4) is 0 Å². The molecule has 1 N–H and O–H groups in total. The number of halogens is 1. The summed E-state index contributed by atoms with van der Waals surface area (Å²) < 4.78 is 5.68. The Bertz CT molecular complexity index is 501. The van der Waals surface area contributed by atoms with Crippen LogP contribution in [-0.4, -0.2) is 43.6 Å². The lowest BCUT2D eigenvalue weighted by molar-refractivity contribution is -0.132. The Morgan fingerprint density at radius 2 is 2.14 bits per heavy atom. The van der Waals surface area contributed by atoms with Crippen molar-refractivity contribution in [2.45, 2.75) is 38.6 Å². The van der Waals surface area contributed by atoms with Crippen molar-refractivity contribution >= 4 is 17.5 Å². The number of carbonyl (C=O) groups excluding carboxylic acids is 1. The van der Waals surface area contributed by atoms with Crippen LogP contribution in [0.15, 0.2) is 18.2 Å². The summed E-state index contributed by atoms with van der Waals surface area (Å²) >= 11 is 5.98. The molecule has 2 rings (SSSR count). The summed E-state index contributed by atoms with van der Waals surface area (Å²) in [7, 11) is 1.92. The van der Waals surface area contributed by atoms with E-state index in [1.807, 2.05) is 37.1 Å². The molecule has 0 aliphatic carbocycles. The van der Waals surface area contributed by atoms with Crippen LogP contribution in [0.5, 0.6) is 5.75 Å². The molecule has 0 bridgehead atoms. The highest BCUT2D eigenvalue weighted by Gasteiger charge is 2.21. The molecule has 22 heavy (non-hydrogen) atoms. The SMILES string of the molecule is Cc1cc(OCCCC(=O)N(C)C2CCNCC2)ccc1Cl. The highest BCUT2D eigenvalue weighted by atomic mass is 35.5. The van der Waals surface area contributed by atoms with Crippen molar-refractivity contribution < 1.29 is 9.53 Å². The van der Waals surface area contributed by atoms with Gasteiger partial charge in [0.1, 0.15) is 5.75 Å². The summed E-state index contributed by atoms with van der Waals surface area (Å²) in [5.74, 6) is 1.02. The van der Waals surface area contributed by atoms with Crippen LogP contribution in [0, 0.1) is 6.92 Å². The van der Waals surface area contributed by atoms with Gasteiger partial charge in [-0.1, -0.05) is 11.6 Å². The third-order valence-corrected chi connectivity index (χ3v) is 4.61. The van der Waals surface area contributed by atoms with E-state index in [4.69, 9.17) is 16.3 Å². The number of benzene rings is 1. The van der Waals surface area contributed by atoms with Gasteiger partial charge in [-0.25, -0.2) is 0 Å². The average molecular weight is 325 g/mol. The fraction of sp³-hybridized carbons (Fsp3) is 0.588. The standard InChI is InChI=1S/C17H25ClN2O2/c1-13-12-15(5-6-16(13)18)22-11-3-4-17(21)20(2)14-7-9-19-10-8-14/h5-6,12,14,19H,3-4,7-11H2,1-2H3. The number of carbonyl (C=O) groups is 1. The third kappa shape index (κ3) is 4.89. The molecule has 0 atom stereocenters. The highest BCUT2D eigenvalue weighted by molar-refractivity contribution is 6.31. The van der Waals surface area contributed by atoms with Gasteiger partial charge in [0.05, 0.1) is 6.61 Å². The molecule has 1 aromatic carbocycles. The Kier molecular flexibility index (Phi) is 6.52. The van der Waals surface area contributed by atoms with Crippen molar-refractivity contribution in [2.24, 2.45) is 0 Å². The van der Waals surface area contributed by atoms with Crippen molar-refractivity contribution in [2.75, 3.05) is 26.7 Å². The van der Waals surface area contributed by atoms with Gasteiger partial charge in [0.15, 0.2) is 0 Å². The Hall–Kier alpha value is -1.26. The van der Waals surface area contributed by atoms with Gasteiger partial charge in [-0.05, 0) is 63.0 Å². The van der Waals surface area contributed by atoms with Gasteiger partial charge in [0.2, 0.25) is 5.91 Å². The maximum absolute atomic E-state index is 12.2. The molecule has 5 heteroatoms. The zero-order valence-electron chi connectivity index (χ0n) is 13.4. The number of nitrogens with zero attached hydrogens (tertiary/aromatic N) is 1. The van der Waals surface area contributed by atoms with Gasteiger partial charge in [-0.15, -0.1) is 0 Å².